The van der Waals surface area contributed by atoms with Crippen LogP contribution < -0.4 is 15.4 Å². The Morgan fingerprint density at radius 3 is 2.41 bits per heavy atom. The quantitative estimate of drug-likeness (QED) is 0.684. The fraction of sp³-hybridized carbons (Fsp3) is 0.158. The third kappa shape index (κ3) is 4.68. The molecule has 8 heteroatoms. The molecule has 1 heterocycles. The Bertz CT molecular complexity index is 926. The summed E-state index contributed by atoms with van der Waals surface area (Å²) in [6.45, 7) is 1.61. The molecule has 3 aromatic rings. The number of nitrogens with zero attached hydrogens (tertiary/aromatic N) is 2. The maximum atomic E-state index is 12.3. The van der Waals surface area contributed by atoms with E-state index in [0.29, 0.717) is 21.5 Å². The zero-order valence-corrected chi connectivity index (χ0v) is 15.6. The van der Waals surface area contributed by atoms with E-state index in [0.717, 1.165) is 5.56 Å². The first-order valence-corrected chi connectivity index (χ1v) is 9.03. The minimum atomic E-state index is -0.733. The fourth-order valence-corrected chi connectivity index (χ4v) is 3.02. The van der Waals surface area contributed by atoms with Crippen molar-refractivity contribution in [3.05, 3.63) is 60.2 Å². The molecule has 7 nitrogen and oxygen atoms in total. The molecule has 3 rings (SSSR count). The van der Waals surface area contributed by atoms with Crippen molar-refractivity contribution in [2.75, 3.05) is 12.4 Å². The number of rotatable bonds is 6. The van der Waals surface area contributed by atoms with Crippen LogP contribution in [-0.4, -0.2) is 35.2 Å². The standard InChI is InChI=1S/C19H18N4O3S/c1-12(20-17(25)13-8-10-15(26-2)11-9-13)16(24)21-19-23-22-18(27-19)14-6-4-3-5-7-14/h3-12H,1-2H3,(H,20,25)(H,21,23,24)/t12-/m1/s1. The Labute approximate surface area is 160 Å². The second kappa shape index (κ2) is 8.41. The molecule has 2 amide bonds. The Hall–Kier alpha value is -3.26. The van der Waals surface area contributed by atoms with Crippen LogP contribution >= 0.6 is 11.3 Å². The van der Waals surface area contributed by atoms with E-state index < -0.39 is 6.04 Å². The van der Waals surface area contributed by atoms with Gasteiger partial charge in [-0.15, -0.1) is 10.2 Å². The van der Waals surface area contributed by atoms with Crippen LogP contribution in [0.25, 0.3) is 10.6 Å². The number of hydrogen-bond donors (Lipinski definition) is 2. The van der Waals surface area contributed by atoms with Gasteiger partial charge in [0.1, 0.15) is 16.8 Å². The first-order chi connectivity index (χ1) is 13.1. The molecule has 1 atom stereocenters. The average Bonchev–Trinajstić information content (AvgIpc) is 3.17. The van der Waals surface area contributed by atoms with Gasteiger partial charge in [0.05, 0.1) is 7.11 Å². The predicted octanol–water partition coefficient (Wildman–Crippen LogP) is 2.97. The van der Waals surface area contributed by atoms with Crippen molar-refractivity contribution >= 4 is 28.3 Å². The Kier molecular flexibility index (Phi) is 5.77. The largest absolute Gasteiger partial charge is 0.497 e. The summed E-state index contributed by atoms with van der Waals surface area (Å²) in [7, 11) is 1.55. The number of nitrogens with one attached hydrogen (secondary N) is 2. The first-order valence-electron chi connectivity index (χ1n) is 8.21. The van der Waals surface area contributed by atoms with E-state index in [2.05, 4.69) is 20.8 Å². The highest BCUT2D eigenvalue weighted by atomic mass is 32.1. The van der Waals surface area contributed by atoms with Crippen LogP contribution in [0.5, 0.6) is 5.75 Å². The van der Waals surface area contributed by atoms with E-state index in [9.17, 15) is 9.59 Å². The van der Waals surface area contributed by atoms with Gasteiger partial charge in [-0.2, -0.15) is 0 Å². The molecule has 0 aliphatic rings. The predicted molar refractivity (Wildman–Crippen MR) is 104 cm³/mol. The monoisotopic (exact) mass is 382 g/mol. The zero-order valence-electron chi connectivity index (χ0n) is 14.8. The molecular weight excluding hydrogens is 364 g/mol. The molecule has 0 fully saturated rings. The normalized spacial score (nSPS) is 11.5. The van der Waals surface area contributed by atoms with Crippen molar-refractivity contribution in [1.82, 2.24) is 15.5 Å². The van der Waals surface area contributed by atoms with Crippen molar-refractivity contribution in [3.8, 4) is 16.3 Å². The fourth-order valence-electron chi connectivity index (χ4n) is 2.27. The first kappa shape index (κ1) is 18.5. The molecule has 0 aliphatic heterocycles. The Morgan fingerprint density at radius 1 is 1.04 bits per heavy atom. The maximum Gasteiger partial charge on any atom is 0.251 e. The summed E-state index contributed by atoms with van der Waals surface area (Å²) in [6, 6.07) is 15.5. The summed E-state index contributed by atoms with van der Waals surface area (Å²) in [5.41, 5.74) is 1.37. The number of methoxy groups -OCH3 is 1. The van der Waals surface area contributed by atoms with Gasteiger partial charge in [-0.05, 0) is 31.2 Å². The summed E-state index contributed by atoms with van der Waals surface area (Å²) < 4.78 is 5.06. The molecule has 0 radical (unpaired) electrons. The molecule has 27 heavy (non-hydrogen) atoms. The van der Waals surface area contributed by atoms with Gasteiger partial charge in [0.2, 0.25) is 11.0 Å². The second-order valence-electron chi connectivity index (χ2n) is 5.69. The highest BCUT2D eigenvalue weighted by Gasteiger charge is 2.18. The number of carbonyl (C=O) groups is 2. The lowest BCUT2D eigenvalue weighted by Crippen LogP contribution is -2.41. The van der Waals surface area contributed by atoms with Crippen LogP contribution in [0.2, 0.25) is 0 Å². The minimum absolute atomic E-state index is 0.345. The van der Waals surface area contributed by atoms with Crippen molar-refractivity contribution in [1.29, 1.82) is 0 Å². The van der Waals surface area contributed by atoms with Crippen molar-refractivity contribution < 1.29 is 14.3 Å². The third-order valence-electron chi connectivity index (χ3n) is 3.77. The van der Waals surface area contributed by atoms with Gasteiger partial charge in [-0.25, -0.2) is 0 Å². The average molecular weight is 382 g/mol. The van der Waals surface area contributed by atoms with E-state index in [1.807, 2.05) is 30.3 Å². The summed E-state index contributed by atoms with van der Waals surface area (Å²) in [6.07, 6.45) is 0. The SMILES string of the molecule is COc1ccc(C(=O)N[C@H](C)C(=O)Nc2nnc(-c3ccccc3)s2)cc1. The molecule has 0 bridgehead atoms. The number of amides is 2. The van der Waals surface area contributed by atoms with Crippen LogP contribution in [0.15, 0.2) is 54.6 Å². The molecule has 0 saturated heterocycles. The van der Waals surface area contributed by atoms with E-state index in [1.165, 1.54) is 11.3 Å². The van der Waals surface area contributed by atoms with Crippen LogP contribution in [0.4, 0.5) is 5.13 Å². The number of anilines is 1. The lowest BCUT2D eigenvalue weighted by molar-refractivity contribution is -0.117. The van der Waals surface area contributed by atoms with Gasteiger partial charge in [-0.3, -0.25) is 14.9 Å². The number of aromatic nitrogens is 2. The van der Waals surface area contributed by atoms with Crippen molar-refractivity contribution in [3.63, 3.8) is 0 Å². The topological polar surface area (TPSA) is 93.2 Å². The highest BCUT2D eigenvalue weighted by molar-refractivity contribution is 7.18. The van der Waals surface area contributed by atoms with Crippen LogP contribution in [0.3, 0.4) is 0 Å². The number of carbonyl (C=O) groups excluding carboxylic acids is 2. The van der Waals surface area contributed by atoms with Gasteiger partial charge in [-0.1, -0.05) is 41.7 Å². The molecular formula is C19H18N4O3S. The second-order valence-corrected chi connectivity index (χ2v) is 6.67. The number of ether oxygens (including phenoxy) is 1. The van der Waals surface area contributed by atoms with Gasteiger partial charge in [0.25, 0.3) is 5.91 Å². The molecule has 0 aliphatic carbocycles. The zero-order chi connectivity index (χ0) is 19.2. The summed E-state index contributed by atoms with van der Waals surface area (Å²) in [4.78, 5) is 24.6. The van der Waals surface area contributed by atoms with Crippen molar-refractivity contribution in [2.45, 2.75) is 13.0 Å². The lowest BCUT2D eigenvalue weighted by atomic mass is 10.2. The maximum absolute atomic E-state index is 12.3. The molecule has 1 aromatic heterocycles. The van der Waals surface area contributed by atoms with Gasteiger partial charge in [0, 0.05) is 11.1 Å². The highest BCUT2D eigenvalue weighted by Crippen LogP contribution is 2.25. The third-order valence-corrected chi connectivity index (χ3v) is 4.66. The van der Waals surface area contributed by atoms with Crippen molar-refractivity contribution in [2.24, 2.45) is 0 Å². The molecule has 138 valence electrons. The van der Waals surface area contributed by atoms with E-state index in [-0.39, 0.29) is 11.8 Å². The summed E-state index contributed by atoms with van der Waals surface area (Å²) in [5.74, 6) is -0.0574. The van der Waals surface area contributed by atoms with Gasteiger partial charge in [0.15, 0.2) is 0 Å². The Morgan fingerprint density at radius 2 is 1.74 bits per heavy atom. The summed E-state index contributed by atoms with van der Waals surface area (Å²) in [5, 5.41) is 14.5. The molecule has 0 spiro atoms. The molecule has 0 saturated carbocycles. The summed E-state index contributed by atoms with van der Waals surface area (Å²) >= 11 is 1.27. The van der Waals surface area contributed by atoms with E-state index in [1.54, 1.807) is 38.3 Å². The van der Waals surface area contributed by atoms with E-state index >= 15 is 0 Å². The van der Waals surface area contributed by atoms with Crippen LogP contribution in [-0.2, 0) is 4.79 Å². The van der Waals surface area contributed by atoms with Crippen LogP contribution in [0.1, 0.15) is 17.3 Å². The Balaban J connectivity index is 1.59. The van der Waals surface area contributed by atoms with Gasteiger partial charge < -0.3 is 10.1 Å². The molecule has 2 aromatic carbocycles. The molecule has 2 N–H and O–H groups in total. The van der Waals surface area contributed by atoms with E-state index in [4.69, 9.17) is 4.74 Å². The molecule has 0 unspecified atom stereocenters. The number of benzene rings is 2. The van der Waals surface area contributed by atoms with Crippen LogP contribution in [0, 0.1) is 0 Å². The minimum Gasteiger partial charge on any atom is -0.497 e. The smallest absolute Gasteiger partial charge is 0.251 e. The lowest BCUT2D eigenvalue weighted by Gasteiger charge is -2.13. The number of hydrogen-bond acceptors (Lipinski definition) is 6. The van der Waals surface area contributed by atoms with Gasteiger partial charge >= 0.3 is 0 Å².